The van der Waals surface area contributed by atoms with Gasteiger partial charge in [0.1, 0.15) is 5.58 Å². The molecule has 0 radical (unpaired) electrons. The predicted molar refractivity (Wildman–Crippen MR) is 119 cm³/mol. The van der Waals surface area contributed by atoms with Crippen molar-refractivity contribution in [2.45, 2.75) is 44.9 Å². The summed E-state index contributed by atoms with van der Waals surface area (Å²) in [6, 6.07) is 4.87. The highest BCUT2D eigenvalue weighted by atomic mass is 32.2. The molecule has 1 aromatic carbocycles. The maximum Gasteiger partial charge on any atom is 0.287 e. The highest BCUT2D eigenvalue weighted by Crippen LogP contribution is 2.31. The van der Waals surface area contributed by atoms with E-state index in [4.69, 9.17) is 9.15 Å². The number of hydrogen-bond acceptors (Lipinski definition) is 5. The number of ether oxygens (including phenoxy) is 1. The highest BCUT2D eigenvalue weighted by molar-refractivity contribution is 7.89. The molecule has 2 unspecified atom stereocenters. The number of sulfonamides is 1. The molecule has 31 heavy (non-hydrogen) atoms. The zero-order chi connectivity index (χ0) is 22.2. The van der Waals surface area contributed by atoms with E-state index in [9.17, 15) is 13.2 Å². The molecule has 1 amide bonds. The molecule has 8 heteroatoms. The lowest BCUT2D eigenvalue weighted by Gasteiger charge is -2.34. The molecule has 0 bridgehead atoms. The Balaban J connectivity index is 1.55. The Kier molecular flexibility index (Phi) is 6.42. The maximum atomic E-state index is 13.3. The molecule has 0 spiro atoms. The Bertz CT molecular complexity index is 1050. The van der Waals surface area contributed by atoms with Crippen molar-refractivity contribution in [2.24, 2.45) is 17.8 Å². The van der Waals surface area contributed by atoms with Crippen LogP contribution in [0.4, 0.5) is 0 Å². The summed E-state index contributed by atoms with van der Waals surface area (Å²) >= 11 is 0. The normalized spacial score (nSPS) is 23.8. The Morgan fingerprint density at radius 3 is 2.52 bits per heavy atom. The van der Waals surface area contributed by atoms with Crippen LogP contribution in [0, 0.1) is 24.7 Å². The molecular weight excluding hydrogens is 416 g/mol. The summed E-state index contributed by atoms with van der Waals surface area (Å²) in [6.45, 7) is 9.11. The summed E-state index contributed by atoms with van der Waals surface area (Å²) in [5.41, 5.74) is 1.19. The fourth-order valence-corrected chi connectivity index (χ4v) is 6.50. The number of fused-ring (bicyclic) bond motifs is 1. The van der Waals surface area contributed by atoms with Crippen molar-refractivity contribution < 1.29 is 22.4 Å². The minimum Gasteiger partial charge on any atom is -0.451 e. The standard InChI is InChI=1S/C23H32N2O5S/c1-15-10-16(2)14-25(13-15)31(27,28)19-4-5-21-20(11-19)17(3)22(30-21)23(26)24-12-18-6-8-29-9-7-18/h4-5,11,15-16,18H,6-10,12-14H2,1-3H3,(H,24,26). The zero-order valence-electron chi connectivity index (χ0n) is 18.5. The van der Waals surface area contributed by atoms with Crippen LogP contribution in [0.5, 0.6) is 0 Å². The molecule has 170 valence electrons. The van der Waals surface area contributed by atoms with Crippen LogP contribution in [0.3, 0.4) is 0 Å². The second-order valence-corrected chi connectivity index (χ2v) is 11.2. The molecule has 3 heterocycles. The van der Waals surface area contributed by atoms with Crippen molar-refractivity contribution in [3.8, 4) is 0 Å². The summed E-state index contributed by atoms with van der Waals surface area (Å²) in [6.07, 6.45) is 2.92. The fourth-order valence-electron chi connectivity index (χ4n) is 4.80. The predicted octanol–water partition coefficient (Wildman–Crippen LogP) is 3.56. The van der Waals surface area contributed by atoms with E-state index in [0.29, 0.717) is 53.9 Å². The van der Waals surface area contributed by atoms with Crippen LogP contribution in [0.25, 0.3) is 11.0 Å². The first-order chi connectivity index (χ1) is 14.8. The molecule has 2 aromatic rings. The van der Waals surface area contributed by atoms with Crippen molar-refractivity contribution in [3.63, 3.8) is 0 Å². The van der Waals surface area contributed by atoms with Crippen molar-refractivity contribution in [2.75, 3.05) is 32.8 Å². The second-order valence-electron chi connectivity index (χ2n) is 9.25. The smallest absolute Gasteiger partial charge is 0.287 e. The van der Waals surface area contributed by atoms with Crippen LogP contribution < -0.4 is 5.32 Å². The van der Waals surface area contributed by atoms with E-state index in [0.717, 1.165) is 32.5 Å². The lowest BCUT2D eigenvalue weighted by atomic mass is 9.94. The summed E-state index contributed by atoms with van der Waals surface area (Å²) < 4.78 is 39.3. The van der Waals surface area contributed by atoms with Gasteiger partial charge in [-0.2, -0.15) is 4.31 Å². The van der Waals surface area contributed by atoms with E-state index >= 15 is 0 Å². The lowest BCUT2D eigenvalue weighted by molar-refractivity contribution is 0.0639. The van der Waals surface area contributed by atoms with Gasteiger partial charge in [-0.3, -0.25) is 4.79 Å². The number of carbonyl (C=O) groups excluding carboxylic acids is 1. The molecule has 0 saturated carbocycles. The molecule has 2 fully saturated rings. The zero-order valence-corrected chi connectivity index (χ0v) is 19.3. The topological polar surface area (TPSA) is 88.8 Å². The SMILES string of the molecule is Cc1c(C(=O)NCC2CCOCC2)oc2ccc(S(=O)(=O)N3CC(C)CC(C)C3)cc12. The molecule has 2 atom stereocenters. The van der Waals surface area contributed by atoms with Crippen molar-refractivity contribution in [1.29, 1.82) is 0 Å². The fraction of sp³-hybridized carbons (Fsp3) is 0.609. The van der Waals surface area contributed by atoms with E-state index in [1.54, 1.807) is 29.4 Å². The van der Waals surface area contributed by atoms with E-state index < -0.39 is 10.0 Å². The average Bonchev–Trinajstić information content (AvgIpc) is 3.08. The van der Waals surface area contributed by atoms with Gasteiger partial charge in [0.05, 0.1) is 4.90 Å². The average molecular weight is 449 g/mol. The molecule has 4 rings (SSSR count). The summed E-state index contributed by atoms with van der Waals surface area (Å²) in [5, 5.41) is 3.62. The van der Waals surface area contributed by atoms with Gasteiger partial charge >= 0.3 is 0 Å². The van der Waals surface area contributed by atoms with Crippen molar-refractivity contribution in [3.05, 3.63) is 29.5 Å². The monoisotopic (exact) mass is 448 g/mol. The first kappa shape index (κ1) is 22.3. The van der Waals surface area contributed by atoms with E-state index in [2.05, 4.69) is 19.2 Å². The van der Waals surface area contributed by atoms with Crippen LogP contribution in [0.2, 0.25) is 0 Å². The molecule has 0 aliphatic carbocycles. The largest absolute Gasteiger partial charge is 0.451 e. The molecular formula is C23H32N2O5S. The minimum absolute atomic E-state index is 0.247. The van der Waals surface area contributed by atoms with Crippen LogP contribution in [-0.2, 0) is 14.8 Å². The molecule has 1 N–H and O–H groups in total. The van der Waals surface area contributed by atoms with Crippen molar-refractivity contribution >= 4 is 26.9 Å². The van der Waals surface area contributed by atoms with Gasteiger partial charge in [0.15, 0.2) is 5.76 Å². The number of nitrogens with one attached hydrogen (secondary N) is 1. The number of carbonyl (C=O) groups is 1. The van der Waals surface area contributed by atoms with Gasteiger partial charge < -0.3 is 14.5 Å². The Morgan fingerprint density at radius 2 is 1.84 bits per heavy atom. The molecule has 2 saturated heterocycles. The van der Waals surface area contributed by atoms with Gasteiger partial charge in [-0.05, 0) is 62.1 Å². The highest BCUT2D eigenvalue weighted by Gasteiger charge is 2.32. The van der Waals surface area contributed by atoms with Crippen LogP contribution >= 0.6 is 0 Å². The maximum absolute atomic E-state index is 13.3. The van der Waals surface area contributed by atoms with Gasteiger partial charge in [-0.1, -0.05) is 13.8 Å². The van der Waals surface area contributed by atoms with E-state index in [1.165, 1.54) is 0 Å². The third-order valence-corrected chi connectivity index (χ3v) is 8.31. The quantitative estimate of drug-likeness (QED) is 0.755. The van der Waals surface area contributed by atoms with E-state index in [1.807, 2.05) is 0 Å². The summed E-state index contributed by atoms with van der Waals surface area (Å²) in [5.74, 6) is 1.07. The van der Waals surface area contributed by atoms with Crippen LogP contribution in [-0.4, -0.2) is 51.5 Å². The Labute approximate surface area is 184 Å². The summed E-state index contributed by atoms with van der Waals surface area (Å²) in [7, 11) is -3.59. The minimum atomic E-state index is -3.59. The number of hydrogen-bond donors (Lipinski definition) is 1. The number of piperidine rings is 1. The molecule has 2 aliphatic rings. The van der Waals surface area contributed by atoms with Gasteiger partial charge in [-0.25, -0.2) is 8.42 Å². The number of aryl methyl sites for hydroxylation is 1. The van der Waals surface area contributed by atoms with E-state index in [-0.39, 0.29) is 16.6 Å². The lowest BCUT2D eigenvalue weighted by Crippen LogP contribution is -2.42. The molecule has 2 aliphatic heterocycles. The van der Waals surface area contributed by atoms with Crippen LogP contribution in [0.15, 0.2) is 27.5 Å². The van der Waals surface area contributed by atoms with Crippen LogP contribution in [0.1, 0.15) is 49.2 Å². The first-order valence-corrected chi connectivity index (χ1v) is 12.6. The third-order valence-electron chi connectivity index (χ3n) is 6.48. The number of furan rings is 1. The number of benzene rings is 1. The third kappa shape index (κ3) is 4.66. The van der Waals surface area contributed by atoms with Gasteiger partial charge in [0.25, 0.3) is 5.91 Å². The second kappa shape index (κ2) is 8.92. The Hall–Kier alpha value is -1.90. The molecule has 7 nitrogen and oxygen atoms in total. The summed E-state index contributed by atoms with van der Waals surface area (Å²) in [4.78, 5) is 13.0. The Morgan fingerprint density at radius 1 is 1.16 bits per heavy atom. The number of amides is 1. The van der Waals surface area contributed by atoms with Gasteiger partial charge in [0.2, 0.25) is 10.0 Å². The number of rotatable bonds is 5. The number of nitrogens with zero attached hydrogens (tertiary/aromatic N) is 1. The molecule has 1 aromatic heterocycles. The van der Waals surface area contributed by atoms with Crippen molar-refractivity contribution in [1.82, 2.24) is 9.62 Å². The first-order valence-electron chi connectivity index (χ1n) is 11.1. The van der Waals surface area contributed by atoms with Gasteiger partial charge in [0, 0.05) is 43.8 Å². The van der Waals surface area contributed by atoms with Gasteiger partial charge in [-0.15, -0.1) is 0 Å².